The highest BCUT2D eigenvalue weighted by molar-refractivity contribution is 7.80. The summed E-state index contributed by atoms with van der Waals surface area (Å²) in [6.07, 6.45) is 20.9. The van der Waals surface area contributed by atoms with Crippen molar-refractivity contribution in [1.82, 2.24) is 5.06 Å². The molecule has 0 aliphatic heterocycles. The normalized spacial score (nSPS) is 12.6. The average Bonchev–Trinajstić information content (AvgIpc) is 2.61. The van der Waals surface area contributed by atoms with Gasteiger partial charge >= 0.3 is 5.97 Å². The first-order valence-corrected chi connectivity index (χ1v) is 11.6. The van der Waals surface area contributed by atoms with Gasteiger partial charge in [-0.1, -0.05) is 103 Å². The number of rotatable bonds is 20. The van der Waals surface area contributed by atoms with Crippen LogP contribution < -0.4 is 0 Å². The molecular weight excluding hydrogens is 346 g/mol. The van der Waals surface area contributed by atoms with Crippen LogP contribution in [-0.2, 0) is 4.79 Å². The summed E-state index contributed by atoms with van der Waals surface area (Å²) < 4.78 is 0. The Balaban J connectivity index is 3.23. The van der Waals surface area contributed by atoms with E-state index in [1.54, 1.807) is 0 Å². The van der Waals surface area contributed by atoms with Gasteiger partial charge in [-0.05, 0) is 6.42 Å². The van der Waals surface area contributed by atoms with E-state index in [4.69, 9.17) is 5.11 Å². The van der Waals surface area contributed by atoms with E-state index in [0.29, 0.717) is 6.54 Å². The molecular formula is C21H43NO3S. The molecule has 0 aromatic heterocycles. The number of thiol groups is 1. The van der Waals surface area contributed by atoms with Gasteiger partial charge in [0.05, 0.1) is 0 Å². The van der Waals surface area contributed by atoms with Crippen LogP contribution in [0.2, 0.25) is 0 Å². The van der Waals surface area contributed by atoms with Gasteiger partial charge in [-0.2, -0.15) is 17.7 Å². The molecule has 0 bridgehead atoms. The fourth-order valence-corrected chi connectivity index (χ4v) is 3.62. The van der Waals surface area contributed by atoms with Crippen molar-refractivity contribution in [3.63, 3.8) is 0 Å². The number of hydroxylamine groups is 2. The van der Waals surface area contributed by atoms with Gasteiger partial charge in [-0.3, -0.25) is 4.79 Å². The van der Waals surface area contributed by atoms with E-state index in [1.165, 1.54) is 89.9 Å². The first-order chi connectivity index (χ1) is 12.6. The van der Waals surface area contributed by atoms with Crippen LogP contribution in [0.3, 0.4) is 0 Å². The second kappa shape index (κ2) is 19.5. The third-order valence-electron chi connectivity index (χ3n) is 5.06. The Labute approximate surface area is 167 Å². The molecule has 0 saturated carbocycles. The SMILES string of the molecule is CCCCCCCCCCCCCCCCCCN(O)[C@@H](CS)C(=O)O. The Morgan fingerprint density at radius 1 is 0.769 bits per heavy atom. The largest absolute Gasteiger partial charge is 0.480 e. The van der Waals surface area contributed by atoms with Crippen molar-refractivity contribution in [3.8, 4) is 0 Å². The summed E-state index contributed by atoms with van der Waals surface area (Å²) in [5, 5.41) is 19.5. The van der Waals surface area contributed by atoms with Crippen LogP contribution in [0.5, 0.6) is 0 Å². The van der Waals surface area contributed by atoms with E-state index in [0.717, 1.165) is 17.9 Å². The van der Waals surface area contributed by atoms with E-state index in [-0.39, 0.29) is 5.75 Å². The van der Waals surface area contributed by atoms with Crippen LogP contribution in [0.1, 0.15) is 110 Å². The summed E-state index contributed by atoms with van der Waals surface area (Å²) in [7, 11) is 0. The number of aliphatic carboxylic acids is 1. The molecule has 0 rings (SSSR count). The number of hydrogen-bond donors (Lipinski definition) is 3. The van der Waals surface area contributed by atoms with E-state index in [2.05, 4.69) is 19.6 Å². The smallest absolute Gasteiger partial charge is 0.324 e. The lowest BCUT2D eigenvalue weighted by atomic mass is 10.0. The zero-order valence-electron chi connectivity index (χ0n) is 17.0. The molecule has 0 radical (unpaired) electrons. The lowest BCUT2D eigenvalue weighted by molar-refractivity contribution is -0.166. The molecule has 0 spiro atoms. The maximum Gasteiger partial charge on any atom is 0.324 e. The lowest BCUT2D eigenvalue weighted by Gasteiger charge is -2.20. The number of nitrogens with zero attached hydrogens (tertiary/aromatic N) is 1. The molecule has 1 atom stereocenters. The number of carboxylic acid groups (broad SMARTS) is 1. The topological polar surface area (TPSA) is 60.8 Å². The number of carboxylic acids is 1. The molecule has 0 heterocycles. The molecule has 0 aliphatic carbocycles. The van der Waals surface area contributed by atoms with Gasteiger partial charge < -0.3 is 10.3 Å². The van der Waals surface area contributed by atoms with Crippen LogP contribution in [0, 0.1) is 0 Å². The highest BCUT2D eigenvalue weighted by Crippen LogP contribution is 2.14. The summed E-state index contributed by atoms with van der Waals surface area (Å²) in [5.41, 5.74) is 0. The van der Waals surface area contributed by atoms with Crippen molar-refractivity contribution in [2.75, 3.05) is 12.3 Å². The second-order valence-electron chi connectivity index (χ2n) is 7.50. The average molecular weight is 390 g/mol. The van der Waals surface area contributed by atoms with Gasteiger partial charge in [0, 0.05) is 12.3 Å². The fourth-order valence-electron chi connectivity index (χ4n) is 3.28. The Morgan fingerprint density at radius 2 is 1.12 bits per heavy atom. The van der Waals surface area contributed by atoms with Gasteiger partial charge in [0.1, 0.15) is 6.04 Å². The number of carbonyl (C=O) groups is 1. The molecule has 0 amide bonds. The summed E-state index contributed by atoms with van der Waals surface area (Å²) >= 11 is 3.97. The third kappa shape index (κ3) is 16.0. The van der Waals surface area contributed by atoms with E-state index >= 15 is 0 Å². The monoisotopic (exact) mass is 389 g/mol. The van der Waals surface area contributed by atoms with E-state index in [9.17, 15) is 10.0 Å². The Bertz CT molecular complexity index is 316. The summed E-state index contributed by atoms with van der Waals surface area (Å²) in [5.74, 6) is -0.885. The molecule has 0 aromatic carbocycles. The highest BCUT2D eigenvalue weighted by Gasteiger charge is 2.21. The van der Waals surface area contributed by atoms with Crippen LogP contribution in [-0.4, -0.2) is 39.7 Å². The fraction of sp³-hybridized carbons (Fsp3) is 0.952. The zero-order valence-corrected chi connectivity index (χ0v) is 17.9. The van der Waals surface area contributed by atoms with Crippen molar-refractivity contribution in [3.05, 3.63) is 0 Å². The first kappa shape index (κ1) is 25.7. The second-order valence-corrected chi connectivity index (χ2v) is 7.87. The maximum atomic E-state index is 10.9. The van der Waals surface area contributed by atoms with Gasteiger partial charge in [0.25, 0.3) is 0 Å². The van der Waals surface area contributed by atoms with Crippen molar-refractivity contribution in [2.45, 2.75) is 116 Å². The van der Waals surface area contributed by atoms with Gasteiger partial charge in [0.15, 0.2) is 0 Å². The zero-order chi connectivity index (χ0) is 19.5. The minimum absolute atomic E-state index is 0.130. The van der Waals surface area contributed by atoms with Crippen LogP contribution in [0.15, 0.2) is 0 Å². The quantitative estimate of drug-likeness (QED) is 0.129. The van der Waals surface area contributed by atoms with E-state index < -0.39 is 12.0 Å². The van der Waals surface area contributed by atoms with Gasteiger partial charge in [-0.15, -0.1) is 0 Å². The Morgan fingerprint density at radius 3 is 1.42 bits per heavy atom. The molecule has 4 nitrogen and oxygen atoms in total. The predicted octanol–water partition coefficient (Wildman–Crippen LogP) is 6.32. The van der Waals surface area contributed by atoms with Crippen molar-refractivity contribution >= 4 is 18.6 Å². The van der Waals surface area contributed by atoms with Crippen LogP contribution in [0.25, 0.3) is 0 Å². The molecule has 0 fully saturated rings. The molecule has 5 heteroatoms. The summed E-state index contributed by atoms with van der Waals surface area (Å²) in [4.78, 5) is 10.9. The Kier molecular flexibility index (Phi) is 19.3. The number of unbranched alkanes of at least 4 members (excludes halogenated alkanes) is 15. The predicted molar refractivity (Wildman–Crippen MR) is 113 cm³/mol. The molecule has 0 aromatic rings. The third-order valence-corrected chi connectivity index (χ3v) is 5.40. The molecule has 0 aliphatic rings. The lowest BCUT2D eigenvalue weighted by Crippen LogP contribution is -2.40. The minimum Gasteiger partial charge on any atom is -0.480 e. The highest BCUT2D eigenvalue weighted by atomic mass is 32.1. The summed E-state index contributed by atoms with van der Waals surface area (Å²) in [6, 6.07) is -0.894. The molecule has 26 heavy (non-hydrogen) atoms. The maximum absolute atomic E-state index is 10.9. The van der Waals surface area contributed by atoms with Crippen LogP contribution in [0.4, 0.5) is 0 Å². The Hall–Kier alpha value is -0.260. The van der Waals surface area contributed by atoms with Crippen molar-refractivity contribution < 1.29 is 15.1 Å². The van der Waals surface area contributed by atoms with Gasteiger partial charge in [-0.25, -0.2) is 0 Å². The first-order valence-electron chi connectivity index (χ1n) is 10.9. The number of hydrogen-bond acceptors (Lipinski definition) is 4. The van der Waals surface area contributed by atoms with Gasteiger partial charge in [0.2, 0.25) is 0 Å². The molecule has 0 unspecified atom stereocenters. The van der Waals surface area contributed by atoms with E-state index in [1.807, 2.05) is 0 Å². The molecule has 156 valence electrons. The summed E-state index contributed by atoms with van der Waals surface area (Å²) in [6.45, 7) is 2.68. The van der Waals surface area contributed by atoms with Crippen molar-refractivity contribution in [1.29, 1.82) is 0 Å². The minimum atomic E-state index is -1.01. The molecule has 0 saturated heterocycles. The molecule has 2 N–H and O–H groups in total. The van der Waals surface area contributed by atoms with Crippen LogP contribution >= 0.6 is 12.6 Å². The van der Waals surface area contributed by atoms with Crippen molar-refractivity contribution in [2.24, 2.45) is 0 Å². The standard InChI is InChI=1S/C21H43NO3S/c1-2-3-4-5-6-7-8-9-10-11-12-13-14-15-16-17-18-22(25)20(19-26)21(23)24/h20,25-26H,2-19H2,1H3,(H,23,24)/t20-/m0/s1.